The number of nitriles is 1. The Morgan fingerprint density at radius 2 is 1.81 bits per heavy atom. The molecule has 0 radical (unpaired) electrons. The smallest absolute Gasteiger partial charge is 0.446 e. The Kier molecular flexibility index (Phi) is 4.78. The van der Waals surface area contributed by atoms with Gasteiger partial charge in [-0.3, -0.25) is 0 Å². The van der Waals surface area contributed by atoms with E-state index in [1.807, 2.05) is 0 Å². The molecule has 0 bridgehead atoms. The number of ether oxygens (including phenoxy) is 1. The molecular formula is C11H5F6NO2S. The maximum atomic E-state index is 12.8. The molecule has 0 spiro atoms. The fourth-order valence-corrected chi connectivity index (χ4v) is 2.03. The summed E-state index contributed by atoms with van der Waals surface area (Å²) in [5.74, 6) is -1.45. The molecular weight excluding hydrogens is 324 g/mol. The fraction of sp³-hybridized carbons (Fsp3) is 0.273. The summed E-state index contributed by atoms with van der Waals surface area (Å²) in [4.78, 5) is 10.5. The summed E-state index contributed by atoms with van der Waals surface area (Å²) >= 11 is -0.784. The number of thioether (sulfide) groups is 1. The van der Waals surface area contributed by atoms with Crippen LogP contribution in [-0.4, -0.2) is 18.6 Å². The van der Waals surface area contributed by atoms with E-state index in [9.17, 15) is 31.1 Å². The monoisotopic (exact) mass is 329 g/mol. The summed E-state index contributed by atoms with van der Waals surface area (Å²) in [6.45, 7) is 0. The van der Waals surface area contributed by atoms with E-state index in [0.29, 0.717) is 6.07 Å². The molecule has 3 nitrogen and oxygen atoms in total. The first-order valence-electron chi connectivity index (χ1n) is 4.99. The van der Waals surface area contributed by atoms with Gasteiger partial charge in [0.15, 0.2) is 0 Å². The molecule has 0 amide bonds. The summed E-state index contributed by atoms with van der Waals surface area (Å²) < 4.78 is 79.4. The first-order chi connectivity index (χ1) is 9.49. The Bertz CT molecular complexity index is 602. The quantitative estimate of drug-likeness (QED) is 0.468. The van der Waals surface area contributed by atoms with E-state index in [2.05, 4.69) is 4.74 Å². The molecule has 21 heavy (non-hydrogen) atoms. The van der Waals surface area contributed by atoms with E-state index in [-0.39, 0.29) is 6.07 Å². The molecule has 0 saturated carbocycles. The molecule has 0 aliphatic carbocycles. The van der Waals surface area contributed by atoms with Crippen LogP contribution in [0, 0.1) is 11.3 Å². The normalized spacial score (nSPS) is 11.9. The van der Waals surface area contributed by atoms with Crippen LogP contribution in [0.25, 0.3) is 0 Å². The molecule has 1 rings (SSSR count). The van der Waals surface area contributed by atoms with Crippen molar-refractivity contribution in [2.24, 2.45) is 0 Å². The maximum absolute atomic E-state index is 12.8. The zero-order valence-corrected chi connectivity index (χ0v) is 10.9. The van der Waals surface area contributed by atoms with Crippen LogP contribution in [0.2, 0.25) is 0 Å². The van der Waals surface area contributed by atoms with Gasteiger partial charge in [-0.1, -0.05) is 0 Å². The van der Waals surface area contributed by atoms with Gasteiger partial charge in [-0.25, -0.2) is 4.79 Å². The van der Waals surface area contributed by atoms with E-state index < -0.39 is 51.0 Å². The summed E-state index contributed by atoms with van der Waals surface area (Å²) in [5.41, 5.74) is -8.27. The minimum absolute atomic E-state index is 0.195. The zero-order chi connectivity index (χ0) is 16.4. The molecule has 114 valence electrons. The van der Waals surface area contributed by atoms with Crippen LogP contribution in [0.15, 0.2) is 17.0 Å². The van der Waals surface area contributed by atoms with Crippen LogP contribution in [0.3, 0.4) is 0 Å². The van der Waals surface area contributed by atoms with Crippen molar-refractivity contribution in [3.8, 4) is 6.07 Å². The third-order valence-corrected chi connectivity index (χ3v) is 2.97. The number of methoxy groups -OCH3 is 1. The van der Waals surface area contributed by atoms with Crippen LogP contribution in [-0.2, 0) is 10.9 Å². The summed E-state index contributed by atoms with van der Waals surface area (Å²) in [6.07, 6.45) is -5.02. The fourth-order valence-electron chi connectivity index (χ4n) is 1.39. The highest BCUT2D eigenvalue weighted by molar-refractivity contribution is 8.00. The largest absolute Gasteiger partial charge is 0.465 e. The second-order valence-electron chi connectivity index (χ2n) is 3.54. The number of carbonyl (C=O) groups excluding carboxylic acids is 1. The van der Waals surface area contributed by atoms with Gasteiger partial charge in [0.1, 0.15) is 6.07 Å². The van der Waals surface area contributed by atoms with Gasteiger partial charge < -0.3 is 4.74 Å². The highest BCUT2D eigenvalue weighted by atomic mass is 32.2. The topological polar surface area (TPSA) is 50.1 Å². The number of benzene rings is 1. The van der Waals surface area contributed by atoms with Crippen molar-refractivity contribution >= 4 is 17.7 Å². The highest BCUT2D eigenvalue weighted by Crippen LogP contribution is 2.42. The SMILES string of the molecule is COC(=O)c1cc(SC(F)(F)F)c(C#N)cc1C(F)(F)F. The lowest BCUT2D eigenvalue weighted by molar-refractivity contribution is -0.138. The molecule has 10 heteroatoms. The lowest BCUT2D eigenvalue weighted by Gasteiger charge is -2.15. The number of rotatable bonds is 2. The molecule has 0 fully saturated rings. The molecule has 0 N–H and O–H groups in total. The molecule has 0 heterocycles. The Morgan fingerprint density at radius 3 is 2.19 bits per heavy atom. The van der Waals surface area contributed by atoms with Crippen LogP contribution in [0.4, 0.5) is 26.3 Å². The first kappa shape index (κ1) is 17.2. The molecule has 1 aromatic rings. The number of nitrogens with zero attached hydrogens (tertiary/aromatic N) is 1. The third-order valence-electron chi connectivity index (χ3n) is 2.18. The molecule has 0 saturated heterocycles. The lowest BCUT2D eigenvalue weighted by atomic mass is 10.0. The molecule has 1 aromatic carbocycles. The van der Waals surface area contributed by atoms with E-state index in [4.69, 9.17) is 5.26 Å². The standard InChI is InChI=1S/C11H5F6NO2S/c1-20-9(19)6-3-8(21-11(15,16)17)5(4-18)2-7(6)10(12,13)14/h2-3H,1H3. The molecule has 0 aliphatic heterocycles. The lowest BCUT2D eigenvalue weighted by Crippen LogP contribution is -2.15. The Balaban J connectivity index is 3.57. The van der Waals surface area contributed by atoms with Crippen molar-refractivity contribution in [3.63, 3.8) is 0 Å². The molecule has 0 unspecified atom stereocenters. The van der Waals surface area contributed by atoms with E-state index in [1.165, 1.54) is 6.07 Å². The van der Waals surface area contributed by atoms with Gasteiger partial charge >= 0.3 is 17.7 Å². The van der Waals surface area contributed by atoms with Crippen molar-refractivity contribution in [2.75, 3.05) is 7.11 Å². The maximum Gasteiger partial charge on any atom is 0.446 e. The second kappa shape index (κ2) is 5.85. The van der Waals surface area contributed by atoms with Crippen LogP contribution in [0.1, 0.15) is 21.5 Å². The van der Waals surface area contributed by atoms with Gasteiger partial charge in [-0.2, -0.15) is 31.6 Å². The van der Waals surface area contributed by atoms with Gasteiger partial charge in [0.05, 0.1) is 23.8 Å². The first-order valence-corrected chi connectivity index (χ1v) is 5.80. The van der Waals surface area contributed by atoms with Gasteiger partial charge in [0.2, 0.25) is 0 Å². The predicted molar refractivity (Wildman–Crippen MR) is 59.4 cm³/mol. The van der Waals surface area contributed by atoms with Gasteiger partial charge in [0.25, 0.3) is 0 Å². The summed E-state index contributed by atoms with van der Waals surface area (Å²) in [7, 11) is 0.789. The van der Waals surface area contributed by atoms with Crippen LogP contribution in [0.5, 0.6) is 0 Å². The molecule has 0 aromatic heterocycles. The minimum atomic E-state index is -5.02. The third kappa shape index (κ3) is 4.29. The number of hydrogen-bond acceptors (Lipinski definition) is 4. The van der Waals surface area contributed by atoms with Crippen molar-refractivity contribution in [3.05, 3.63) is 28.8 Å². The summed E-state index contributed by atoms with van der Waals surface area (Å²) in [6, 6.07) is 1.79. The average molecular weight is 329 g/mol. The number of carbonyl (C=O) groups is 1. The van der Waals surface area contributed by atoms with E-state index in [1.54, 1.807) is 0 Å². The van der Waals surface area contributed by atoms with Gasteiger partial charge in [0, 0.05) is 4.90 Å². The second-order valence-corrected chi connectivity index (χ2v) is 4.65. The Hall–Kier alpha value is -1.89. The summed E-state index contributed by atoms with van der Waals surface area (Å²) in [5, 5.41) is 8.68. The highest BCUT2D eigenvalue weighted by Gasteiger charge is 2.38. The minimum Gasteiger partial charge on any atom is -0.465 e. The van der Waals surface area contributed by atoms with Crippen LogP contribution < -0.4 is 0 Å². The van der Waals surface area contributed by atoms with Gasteiger partial charge in [-0.05, 0) is 23.9 Å². The van der Waals surface area contributed by atoms with Crippen LogP contribution >= 0.6 is 11.8 Å². The molecule has 0 aliphatic rings. The van der Waals surface area contributed by atoms with E-state index in [0.717, 1.165) is 7.11 Å². The number of esters is 1. The number of alkyl halides is 6. The van der Waals surface area contributed by atoms with Crippen molar-refractivity contribution in [1.82, 2.24) is 0 Å². The van der Waals surface area contributed by atoms with Crippen molar-refractivity contribution in [1.29, 1.82) is 5.26 Å². The molecule has 0 atom stereocenters. The number of halogens is 6. The Labute approximate surface area is 118 Å². The van der Waals surface area contributed by atoms with E-state index >= 15 is 0 Å². The average Bonchev–Trinajstić information content (AvgIpc) is 2.34. The zero-order valence-electron chi connectivity index (χ0n) is 10.1. The number of hydrogen-bond donors (Lipinski definition) is 0. The Morgan fingerprint density at radius 1 is 1.24 bits per heavy atom. The van der Waals surface area contributed by atoms with Gasteiger partial charge in [-0.15, -0.1) is 0 Å². The van der Waals surface area contributed by atoms with Crippen molar-refractivity contribution < 1.29 is 35.9 Å². The van der Waals surface area contributed by atoms with Crippen molar-refractivity contribution in [2.45, 2.75) is 16.6 Å². The predicted octanol–water partition coefficient (Wildman–Crippen LogP) is 3.98.